The first-order valence-corrected chi connectivity index (χ1v) is 6.15. The van der Waals surface area contributed by atoms with E-state index in [4.69, 9.17) is 4.74 Å². The van der Waals surface area contributed by atoms with E-state index in [0.29, 0.717) is 6.35 Å². The average Bonchev–Trinajstić information content (AvgIpc) is 2.38. The predicted octanol–water partition coefficient (Wildman–Crippen LogP) is 3.63. The summed E-state index contributed by atoms with van der Waals surface area (Å²) in [7, 11) is 2.60. The summed E-state index contributed by atoms with van der Waals surface area (Å²) in [5.74, 6) is 0. The van der Waals surface area contributed by atoms with Gasteiger partial charge in [0.15, 0.2) is 0 Å². The Kier molecular flexibility index (Phi) is 4.10. The van der Waals surface area contributed by atoms with Crippen molar-refractivity contribution in [3.05, 3.63) is 71.8 Å². The quantitative estimate of drug-likeness (QED) is 0.729. The van der Waals surface area contributed by atoms with E-state index in [2.05, 4.69) is 33.5 Å². The van der Waals surface area contributed by atoms with Crippen LogP contribution in [0.3, 0.4) is 0 Å². The van der Waals surface area contributed by atoms with Crippen LogP contribution in [0.15, 0.2) is 60.7 Å². The maximum atomic E-state index is 5.78. The van der Waals surface area contributed by atoms with Crippen molar-refractivity contribution in [2.75, 3.05) is 6.35 Å². The monoisotopic (exact) mass is 230 g/mol. The Hall–Kier alpha value is -1.17. The third kappa shape index (κ3) is 2.69. The second-order valence-electron chi connectivity index (χ2n) is 3.53. The lowest BCUT2D eigenvalue weighted by Crippen LogP contribution is -2.04. The second-order valence-corrected chi connectivity index (χ2v) is 3.87. The summed E-state index contributed by atoms with van der Waals surface area (Å²) >= 11 is 0. The Morgan fingerprint density at radius 2 is 1.25 bits per heavy atom. The summed E-state index contributed by atoms with van der Waals surface area (Å²) < 4.78 is 5.78. The van der Waals surface area contributed by atoms with E-state index in [1.807, 2.05) is 36.4 Å². The van der Waals surface area contributed by atoms with E-state index in [-0.39, 0.29) is 6.10 Å². The maximum absolute atomic E-state index is 5.78. The molecule has 82 valence electrons. The summed E-state index contributed by atoms with van der Waals surface area (Å²) in [6.07, 6.45) is 0.661. The van der Waals surface area contributed by atoms with Crippen LogP contribution in [-0.4, -0.2) is 6.35 Å². The van der Waals surface area contributed by atoms with Gasteiger partial charge in [-0.2, -0.15) is 0 Å². The first-order valence-electron chi connectivity index (χ1n) is 5.33. The van der Waals surface area contributed by atoms with Crippen LogP contribution < -0.4 is 0 Å². The molecule has 16 heavy (non-hydrogen) atoms. The lowest BCUT2D eigenvalue weighted by atomic mass is 10.0. The Morgan fingerprint density at radius 1 is 0.812 bits per heavy atom. The molecular formula is C14H15OP. The fourth-order valence-electron chi connectivity index (χ4n) is 1.74. The molecule has 0 aliphatic heterocycles. The molecule has 2 aromatic carbocycles. The number of benzene rings is 2. The van der Waals surface area contributed by atoms with E-state index in [1.54, 1.807) is 0 Å². The van der Waals surface area contributed by atoms with Crippen molar-refractivity contribution < 1.29 is 4.74 Å². The van der Waals surface area contributed by atoms with Crippen molar-refractivity contribution in [1.29, 1.82) is 0 Å². The SMILES string of the molecule is PCOC(c1ccccc1)c1ccccc1. The van der Waals surface area contributed by atoms with Crippen molar-refractivity contribution in [2.45, 2.75) is 6.10 Å². The number of ether oxygens (including phenoxy) is 1. The molecule has 0 aliphatic carbocycles. The molecule has 1 unspecified atom stereocenters. The Labute approximate surface area is 98.7 Å². The molecule has 2 aromatic rings. The van der Waals surface area contributed by atoms with Crippen molar-refractivity contribution in [2.24, 2.45) is 0 Å². The molecule has 2 rings (SSSR count). The molecule has 1 nitrogen and oxygen atoms in total. The molecule has 1 atom stereocenters. The molecule has 0 saturated heterocycles. The van der Waals surface area contributed by atoms with Gasteiger partial charge in [-0.15, -0.1) is 9.24 Å². The number of hydrogen-bond donors (Lipinski definition) is 0. The minimum atomic E-state index is 0.0277. The third-order valence-corrected chi connectivity index (χ3v) is 2.66. The van der Waals surface area contributed by atoms with Gasteiger partial charge in [-0.3, -0.25) is 0 Å². The van der Waals surface area contributed by atoms with Crippen molar-refractivity contribution in [1.82, 2.24) is 0 Å². The fourth-order valence-corrected chi connectivity index (χ4v) is 1.93. The van der Waals surface area contributed by atoms with Crippen molar-refractivity contribution in [3.63, 3.8) is 0 Å². The van der Waals surface area contributed by atoms with Gasteiger partial charge in [-0.25, -0.2) is 0 Å². The first kappa shape index (κ1) is 11.3. The maximum Gasteiger partial charge on any atom is 0.108 e. The highest BCUT2D eigenvalue weighted by Gasteiger charge is 2.12. The zero-order chi connectivity index (χ0) is 11.2. The second kappa shape index (κ2) is 5.79. The molecule has 0 spiro atoms. The molecule has 0 bridgehead atoms. The summed E-state index contributed by atoms with van der Waals surface area (Å²) in [5.41, 5.74) is 2.38. The van der Waals surface area contributed by atoms with Gasteiger partial charge in [0.05, 0.1) is 6.35 Å². The zero-order valence-electron chi connectivity index (χ0n) is 9.04. The van der Waals surface area contributed by atoms with Crippen LogP contribution in [0.1, 0.15) is 17.2 Å². The van der Waals surface area contributed by atoms with Crippen LogP contribution in [0.4, 0.5) is 0 Å². The van der Waals surface area contributed by atoms with Gasteiger partial charge in [0.1, 0.15) is 6.10 Å². The van der Waals surface area contributed by atoms with Crippen molar-refractivity contribution in [3.8, 4) is 0 Å². The van der Waals surface area contributed by atoms with Crippen LogP contribution in [0.5, 0.6) is 0 Å². The molecule has 0 fully saturated rings. The van der Waals surface area contributed by atoms with E-state index >= 15 is 0 Å². The smallest absolute Gasteiger partial charge is 0.108 e. The Balaban J connectivity index is 2.31. The van der Waals surface area contributed by atoms with Gasteiger partial charge in [0.2, 0.25) is 0 Å². The lowest BCUT2D eigenvalue weighted by molar-refractivity contribution is 0.122. The molecule has 0 heterocycles. The first-order chi connectivity index (χ1) is 7.92. The summed E-state index contributed by atoms with van der Waals surface area (Å²) in [6, 6.07) is 20.6. The predicted molar refractivity (Wildman–Crippen MR) is 70.4 cm³/mol. The highest BCUT2D eigenvalue weighted by molar-refractivity contribution is 7.16. The summed E-state index contributed by atoms with van der Waals surface area (Å²) in [5, 5.41) is 0. The van der Waals surface area contributed by atoms with Crippen molar-refractivity contribution >= 4 is 9.24 Å². The van der Waals surface area contributed by atoms with Crippen LogP contribution in [0.25, 0.3) is 0 Å². The zero-order valence-corrected chi connectivity index (χ0v) is 10.2. The van der Waals surface area contributed by atoms with E-state index < -0.39 is 0 Å². The normalized spacial score (nSPS) is 10.6. The Morgan fingerprint density at radius 3 is 1.62 bits per heavy atom. The highest BCUT2D eigenvalue weighted by atomic mass is 31.0. The average molecular weight is 230 g/mol. The molecule has 0 radical (unpaired) electrons. The lowest BCUT2D eigenvalue weighted by Gasteiger charge is -2.17. The van der Waals surface area contributed by atoms with Crippen LogP contribution >= 0.6 is 9.24 Å². The molecule has 2 heteroatoms. The molecule has 0 N–H and O–H groups in total. The van der Waals surface area contributed by atoms with Gasteiger partial charge in [-0.05, 0) is 11.1 Å². The molecule has 0 aromatic heterocycles. The largest absolute Gasteiger partial charge is 0.365 e. The van der Waals surface area contributed by atoms with E-state index in [0.717, 1.165) is 0 Å². The third-order valence-electron chi connectivity index (χ3n) is 2.47. The molecule has 0 saturated carbocycles. The number of rotatable bonds is 4. The van der Waals surface area contributed by atoms with Gasteiger partial charge in [0.25, 0.3) is 0 Å². The summed E-state index contributed by atoms with van der Waals surface area (Å²) in [4.78, 5) is 0. The standard InChI is InChI=1S/C14H15OP/c16-11-15-14(12-7-3-1-4-8-12)13-9-5-2-6-10-13/h1-10,14H,11,16H2. The van der Waals surface area contributed by atoms with E-state index in [1.165, 1.54) is 11.1 Å². The molecule has 0 aliphatic rings. The fraction of sp³-hybridized carbons (Fsp3) is 0.143. The summed E-state index contributed by atoms with van der Waals surface area (Å²) in [6.45, 7) is 0. The highest BCUT2D eigenvalue weighted by Crippen LogP contribution is 2.25. The molecule has 0 amide bonds. The minimum Gasteiger partial charge on any atom is -0.365 e. The Bertz CT molecular complexity index is 374. The topological polar surface area (TPSA) is 9.23 Å². The van der Waals surface area contributed by atoms with E-state index in [9.17, 15) is 0 Å². The number of hydrogen-bond acceptors (Lipinski definition) is 1. The van der Waals surface area contributed by atoms with Gasteiger partial charge < -0.3 is 4.74 Å². The van der Waals surface area contributed by atoms with Gasteiger partial charge in [-0.1, -0.05) is 60.7 Å². The molecular weight excluding hydrogens is 215 g/mol. The van der Waals surface area contributed by atoms with Crippen LogP contribution in [0, 0.1) is 0 Å². The minimum absolute atomic E-state index is 0.0277. The van der Waals surface area contributed by atoms with Crippen LogP contribution in [0.2, 0.25) is 0 Å². The van der Waals surface area contributed by atoms with Gasteiger partial charge >= 0.3 is 0 Å². The van der Waals surface area contributed by atoms with Crippen LogP contribution in [-0.2, 0) is 4.74 Å². The van der Waals surface area contributed by atoms with Gasteiger partial charge in [0, 0.05) is 0 Å².